The molecule has 1 N–H and O–H groups in total. The molecule has 0 fully saturated rings. The van der Waals surface area contributed by atoms with Gasteiger partial charge in [0, 0.05) is 5.56 Å². The third kappa shape index (κ3) is 3.68. The van der Waals surface area contributed by atoms with E-state index in [1.165, 1.54) is 12.1 Å². The molecule has 1 rings (SSSR count). The van der Waals surface area contributed by atoms with Gasteiger partial charge in [-0.15, -0.1) is 0 Å². The van der Waals surface area contributed by atoms with Crippen LogP contribution in [0.25, 0.3) is 0 Å². The smallest absolute Gasteiger partial charge is 0.143 e. The minimum Gasteiger partial charge on any atom is -0.319 e. The molecule has 4 heteroatoms. The molecule has 1 aromatic carbocycles. The summed E-state index contributed by atoms with van der Waals surface area (Å²) in [6.45, 7) is 0.861. The fourth-order valence-corrected chi connectivity index (χ4v) is 1.67. The van der Waals surface area contributed by atoms with Crippen LogP contribution in [0.1, 0.15) is 12.0 Å². The Kier molecular flexibility index (Phi) is 5.63. The lowest BCUT2D eigenvalue weighted by molar-refractivity contribution is 0.558. The maximum Gasteiger partial charge on any atom is 0.143 e. The van der Waals surface area contributed by atoms with Crippen LogP contribution in [-0.4, -0.2) is 13.6 Å². The lowest BCUT2D eigenvalue weighted by Crippen LogP contribution is -2.05. The van der Waals surface area contributed by atoms with Crippen molar-refractivity contribution in [1.29, 1.82) is 0 Å². The van der Waals surface area contributed by atoms with Crippen molar-refractivity contribution in [1.82, 2.24) is 5.32 Å². The third-order valence-electron chi connectivity index (χ3n) is 2.19. The molecular formula is C12H14BrF2N. The summed E-state index contributed by atoms with van der Waals surface area (Å²) in [5, 5.41) is 2.99. The summed E-state index contributed by atoms with van der Waals surface area (Å²) in [5.74, 6) is -1.02. The molecule has 0 radical (unpaired) electrons. The molecule has 0 aliphatic carbocycles. The first-order valence-electron chi connectivity index (χ1n) is 5.08. The van der Waals surface area contributed by atoms with E-state index in [-0.39, 0.29) is 12.0 Å². The van der Waals surface area contributed by atoms with E-state index in [1.807, 2.05) is 13.1 Å². The quantitative estimate of drug-likeness (QED) is 0.497. The molecule has 0 aliphatic heterocycles. The monoisotopic (exact) mass is 289 g/mol. The average Bonchev–Trinajstić information content (AvgIpc) is 2.28. The van der Waals surface area contributed by atoms with Crippen LogP contribution in [0.2, 0.25) is 0 Å². The van der Waals surface area contributed by atoms with Gasteiger partial charge in [0.15, 0.2) is 0 Å². The molecule has 0 aliphatic rings. The molecule has 16 heavy (non-hydrogen) atoms. The summed E-state index contributed by atoms with van der Waals surface area (Å²) < 4.78 is 27.1. The minimum absolute atomic E-state index is 0.107. The first-order chi connectivity index (χ1) is 7.66. The first kappa shape index (κ1) is 13.3. The number of rotatable bonds is 5. The van der Waals surface area contributed by atoms with Gasteiger partial charge in [0.05, 0.1) is 4.47 Å². The molecule has 0 amide bonds. The van der Waals surface area contributed by atoms with Crippen LogP contribution in [0.15, 0.2) is 28.8 Å². The number of nitrogens with one attached hydrogen (secondary N) is 1. The van der Waals surface area contributed by atoms with E-state index in [2.05, 4.69) is 21.2 Å². The molecule has 0 saturated carbocycles. The highest BCUT2D eigenvalue weighted by Crippen LogP contribution is 2.22. The first-order valence-corrected chi connectivity index (χ1v) is 5.88. The van der Waals surface area contributed by atoms with E-state index in [4.69, 9.17) is 0 Å². The van der Waals surface area contributed by atoms with Gasteiger partial charge in [0.2, 0.25) is 0 Å². The summed E-state index contributed by atoms with van der Waals surface area (Å²) in [4.78, 5) is 0. The normalized spacial score (nSPS) is 11.2. The number of benzene rings is 1. The Morgan fingerprint density at radius 1 is 1.31 bits per heavy atom. The zero-order valence-corrected chi connectivity index (χ0v) is 10.7. The number of hydrogen-bond acceptors (Lipinski definition) is 1. The summed E-state index contributed by atoms with van der Waals surface area (Å²) in [6, 6.07) is 2.64. The second kappa shape index (κ2) is 6.76. The Bertz CT molecular complexity index is 378. The van der Waals surface area contributed by atoms with E-state index in [9.17, 15) is 8.78 Å². The van der Waals surface area contributed by atoms with Crippen molar-refractivity contribution in [2.75, 3.05) is 13.6 Å². The molecule has 0 atom stereocenters. The number of halogens is 3. The zero-order chi connectivity index (χ0) is 12.0. The molecule has 0 spiro atoms. The van der Waals surface area contributed by atoms with Gasteiger partial charge >= 0.3 is 0 Å². The van der Waals surface area contributed by atoms with Crippen molar-refractivity contribution < 1.29 is 8.78 Å². The summed E-state index contributed by atoms with van der Waals surface area (Å²) in [5.41, 5.74) is 0.107. The van der Waals surface area contributed by atoms with Gasteiger partial charge in [-0.1, -0.05) is 12.2 Å². The van der Waals surface area contributed by atoms with E-state index >= 15 is 0 Å². The summed E-state index contributed by atoms with van der Waals surface area (Å²) in [6.07, 6.45) is 4.83. The minimum atomic E-state index is -0.515. The fraction of sp³-hybridized carbons (Fsp3) is 0.333. The second-order valence-electron chi connectivity index (χ2n) is 3.39. The molecule has 0 heterocycles. The topological polar surface area (TPSA) is 12.0 Å². The Labute approximate surface area is 103 Å². The number of allylic oxidation sites excluding steroid dienone is 1. The highest BCUT2D eigenvalue weighted by atomic mass is 79.9. The van der Waals surface area contributed by atoms with Crippen molar-refractivity contribution in [3.05, 3.63) is 46.0 Å². The summed E-state index contributed by atoms with van der Waals surface area (Å²) in [7, 11) is 1.86. The fourth-order valence-electron chi connectivity index (χ4n) is 1.30. The average molecular weight is 290 g/mol. The Morgan fingerprint density at radius 2 is 2.06 bits per heavy atom. The van der Waals surface area contributed by atoms with Crippen molar-refractivity contribution in [2.24, 2.45) is 0 Å². The largest absolute Gasteiger partial charge is 0.319 e. The molecule has 88 valence electrons. The molecule has 0 bridgehead atoms. The Balaban J connectivity index is 2.66. The van der Waals surface area contributed by atoms with E-state index < -0.39 is 11.6 Å². The van der Waals surface area contributed by atoms with Crippen molar-refractivity contribution >= 4 is 15.9 Å². The number of hydrogen-bond donors (Lipinski definition) is 1. The summed E-state index contributed by atoms with van der Waals surface area (Å²) >= 11 is 3.04. The SMILES string of the molecule is CNCC/C=C/Cc1c(F)ccc(Br)c1F. The van der Waals surface area contributed by atoms with Crippen LogP contribution in [-0.2, 0) is 6.42 Å². The third-order valence-corrected chi connectivity index (χ3v) is 2.80. The predicted octanol–water partition coefficient (Wildman–Crippen LogP) is 3.44. The van der Waals surface area contributed by atoms with E-state index in [0.29, 0.717) is 4.47 Å². The molecule has 1 nitrogen and oxygen atoms in total. The van der Waals surface area contributed by atoms with Crippen molar-refractivity contribution in [3.63, 3.8) is 0 Å². The highest BCUT2D eigenvalue weighted by molar-refractivity contribution is 9.10. The van der Waals surface area contributed by atoms with Gasteiger partial charge in [-0.3, -0.25) is 0 Å². The molecule has 1 aromatic rings. The van der Waals surface area contributed by atoms with Crippen LogP contribution in [0, 0.1) is 11.6 Å². The van der Waals surface area contributed by atoms with Gasteiger partial charge in [-0.05, 0) is 54.5 Å². The van der Waals surface area contributed by atoms with E-state index in [0.717, 1.165) is 13.0 Å². The van der Waals surface area contributed by atoms with Gasteiger partial charge in [-0.2, -0.15) is 0 Å². The molecule has 0 saturated heterocycles. The van der Waals surface area contributed by atoms with Crippen molar-refractivity contribution in [3.8, 4) is 0 Å². The molecular weight excluding hydrogens is 276 g/mol. The van der Waals surface area contributed by atoms with Crippen LogP contribution >= 0.6 is 15.9 Å². The molecule has 0 aromatic heterocycles. The predicted molar refractivity (Wildman–Crippen MR) is 65.4 cm³/mol. The van der Waals surface area contributed by atoms with E-state index in [1.54, 1.807) is 6.08 Å². The lowest BCUT2D eigenvalue weighted by atomic mass is 10.1. The zero-order valence-electron chi connectivity index (χ0n) is 9.06. The lowest BCUT2D eigenvalue weighted by Gasteiger charge is -2.03. The van der Waals surface area contributed by atoms with Crippen molar-refractivity contribution in [2.45, 2.75) is 12.8 Å². The second-order valence-corrected chi connectivity index (χ2v) is 4.24. The molecule has 0 unspecified atom stereocenters. The standard InChI is InChI=1S/C12H14BrF2N/c1-16-8-4-2-3-5-9-11(14)7-6-10(13)12(9)15/h2-3,6-7,16H,4-5,8H2,1H3/b3-2+. The van der Waals surface area contributed by atoms with Gasteiger partial charge in [-0.25, -0.2) is 8.78 Å². The van der Waals surface area contributed by atoms with Gasteiger partial charge in [0.1, 0.15) is 11.6 Å². The maximum absolute atomic E-state index is 13.5. The Morgan fingerprint density at radius 3 is 2.75 bits per heavy atom. The van der Waals surface area contributed by atoms with Crippen LogP contribution in [0.4, 0.5) is 8.78 Å². The Hall–Kier alpha value is -0.740. The highest BCUT2D eigenvalue weighted by Gasteiger charge is 2.10. The van der Waals surface area contributed by atoms with Gasteiger partial charge < -0.3 is 5.32 Å². The van der Waals surface area contributed by atoms with Gasteiger partial charge in [0.25, 0.3) is 0 Å². The van der Waals surface area contributed by atoms with Crippen LogP contribution in [0.3, 0.4) is 0 Å². The van der Waals surface area contributed by atoms with Crippen LogP contribution < -0.4 is 5.32 Å². The maximum atomic E-state index is 13.5. The van der Waals surface area contributed by atoms with Crippen LogP contribution in [0.5, 0.6) is 0 Å².